The van der Waals surface area contributed by atoms with Crippen LogP contribution in [0.4, 0.5) is 4.39 Å². The van der Waals surface area contributed by atoms with Gasteiger partial charge in [-0.2, -0.15) is 4.31 Å². The summed E-state index contributed by atoms with van der Waals surface area (Å²) >= 11 is 0. The number of rotatable bonds is 7. The van der Waals surface area contributed by atoms with Crippen LogP contribution in [0.5, 0.6) is 0 Å². The monoisotopic (exact) mass is 421 g/mol. The third-order valence-corrected chi connectivity index (χ3v) is 7.22. The van der Waals surface area contributed by atoms with Gasteiger partial charge in [0.05, 0.1) is 16.4 Å². The highest BCUT2D eigenvalue weighted by Crippen LogP contribution is 2.25. The number of carbonyl (C=O) groups is 1. The highest BCUT2D eigenvalue weighted by Gasteiger charge is 2.36. The van der Waals surface area contributed by atoms with Crippen LogP contribution < -0.4 is 11.1 Å². The predicted molar refractivity (Wildman–Crippen MR) is 106 cm³/mol. The van der Waals surface area contributed by atoms with E-state index in [4.69, 9.17) is 5.73 Å². The van der Waals surface area contributed by atoms with Crippen molar-refractivity contribution < 1.29 is 17.6 Å². The molecule has 0 saturated carbocycles. The maximum Gasteiger partial charge on any atom is 0.243 e. The molecule has 1 aliphatic rings. The van der Waals surface area contributed by atoms with Crippen LogP contribution in [0.1, 0.15) is 39.5 Å². The Hall–Kier alpha value is -1.22. The minimum atomic E-state index is -3.74. The van der Waals surface area contributed by atoms with Gasteiger partial charge in [-0.05, 0) is 49.9 Å². The molecule has 0 radical (unpaired) electrons. The Labute approximate surface area is 167 Å². The maximum atomic E-state index is 13.1. The first kappa shape index (κ1) is 23.8. The maximum absolute atomic E-state index is 13.1. The highest BCUT2D eigenvalue weighted by atomic mass is 35.5. The van der Waals surface area contributed by atoms with E-state index in [2.05, 4.69) is 5.32 Å². The molecule has 1 heterocycles. The first-order valence-corrected chi connectivity index (χ1v) is 10.5. The molecule has 1 aromatic carbocycles. The van der Waals surface area contributed by atoms with E-state index in [1.807, 2.05) is 13.8 Å². The fourth-order valence-corrected chi connectivity index (χ4v) is 4.78. The van der Waals surface area contributed by atoms with Gasteiger partial charge in [0, 0.05) is 19.6 Å². The SMILES string of the molecule is CCC(CC)(CN)NC(=O)C1CCCN(S(=O)(=O)c2ccc(F)cc2)C1.Cl. The summed E-state index contributed by atoms with van der Waals surface area (Å²) < 4.78 is 39.9. The van der Waals surface area contributed by atoms with Crippen molar-refractivity contribution in [1.29, 1.82) is 0 Å². The Bertz CT molecular complexity index is 716. The highest BCUT2D eigenvalue weighted by molar-refractivity contribution is 7.89. The van der Waals surface area contributed by atoms with E-state index in [1.165, 1.54) is 16.4 Å². The van der Waals surface area contributed by atoms with Gasteiger partial charge in [-0.25, -0.2) is 12.8 Å². The van der Waals surface area contributed by atoms with Crippen molar-refractivity contribution in [3.05, 3.63) is 30.1 Å². The smallest absolute Gasteiger partial charge is 0.243 e. The average Bonchev–Trinajstić information content (AvgIpc) is 2.66. The Balaban J connectivity index is 0.00000364. The van der Waals surface area contributed by atoms with E-state index >= 15 is 0 Å². The van der Waals surface area contributed by atoms with Gasteiger partial charge in [-0.3, -0.25) is 4.79 Å². The molecule has 154 valence electrons. The second-order valence-electron chi connectivity index (χ2n) is 6.84. The fourth-order valence-electron chi connectivity index (χ4n) is 3.26. The quantitative estimate of drug-likeness (QED) is 0.706. The largest absolute Gasteiger partial charge is 0.349 e. The van der Waals surface area contributed by atoms with Crippen molar-refractivity contribution in [2.45, 2.75) is 50.0 Å². The average molecular weight is 422 g/mol. The van der Waals surface area contributed by atoms with Gasteiger partial charge >= 0.3 is 0 Å². The van der Waals surface area contributed by atoms with Crippen molar-refractivity contribution >= 4 is 28.3 Å². The van der Waals surface area contributed by atoms with Crippen LogP contribution in [-0.2, 0) is 14.8 Å². The molecule has 6 nitrogen and oxygen atoms in total. The third kappa shape index (κ3) is 5.40. The second kappa shape index (κ2) is 9.82. The van der Waals surface area contributed by atoms with Crippen LogP contribution in [-0.4, -0.2) is 43.8 Å². The summed E-state index contributed by atoms with van der Waals surface area (Å²) in [6.45, 7) is 4.77. The molecule has 1 unspecified atom stereocenters. The molecule has 9 heteroatoms. The topological polar surface area (TPSA) is 92.5 Å². The van der Waals surface area contributed by atoms with Crippen molar-refractivity contribution in [1.82, 2.24) is 9.62 Å². The fraction of sp³-hybridized carbons (Fsp3) is 0.611. The van der Waals surface area contributed by atoms with Crippen LogP contribution in [0, 0.1) is 11.7 Å². The summed E-state index contributed by atoms with van der Waals surface area (Å²) in [7, 11) is -3.74. The number of carbonyl (C=O) groups excluding carboxylic acids is 1. The van der Waals surface area contributed by atoms with Gasteiger partial charge in [-0.15, -0.1) is 12.4 Å². The van der Waals surface area contributed by atoms with Crippen molar-refractivity contribution in [2.24, 2.45) is 11.7 Å². The number of amides is 1. The normalized spacial score (nSPS) is 18.6. The summed E-state index contributed by atoms with van der Waals surface area (Å²) in [4.78, 5) is 12.7. The minimum Gasteiger partial charge on any atom is -0.349 e. The molecular formula is C18H29ClFN3O3S. The lowest BCUT2D eigenvalue weighted by atomic mass is 9.90. The summed E-state index contributed by atoms with van der Waals surface area (Å²) in [6.07, 6.45) is 2.67. The standard InChI is InChI=1S/C18H28FN3O3S.ClH/c1-3-18(4-2,13-20)21-17(23)14-6-5-11-22(12-14)26(24,25)16-9-7-15(19)8-10-16;/h7-10,14H,3-6,11-13,20H2,1-2H3,(H,21,23);1H. The molecular weight excluding hydrogens is 393 g/mol. The minimum absolute atomic E-state index is 0. The molecule has 1 fully saturated rings. The van der Waals surface area contributed by atoms with Crippen LogP contribution >= 0.6 is 12.4 Å². The predicted octanol–water partition coefficient (Wildman–Crippen LogP) is 2.28. The molecule has 1 amide bonds. The van der Waals surface area contributed by atoms with Gasteiger partial charge < -0.3 is 11.1 Å². The zero-order valence-corrected chi connectivity index (χ0v) is 17.4. The summed E-state index contributed by atoms with van der Waals surface area (Å²) in [5.74, 6) is -1.06. The van der Waals surface area contributed by atoms with E-state index in [-0.39, 0.29) is 29.8 Å². The first-order chi connectivity index (χ1) is 12.3. The molecule has 0 bridgehead atoms. The lowest BCUT2D eigenvalue weighted by molar-refractivity contribution is -0.128. The summed E-state index contributed by atoms with van der Waals surface area (Å²) in [5.41, 5.74) is 5.39. The number of halogens is 2. The van der Waals surface area contributed by atoms with Gasteiger partial charge in [-0.1, -0.05) is 13.8 Å². The second-order valence-corrected chi connectivity index (χ2v) is 8.77. The van der Waals surface area contributed by atoms with Gasteiger partial charge in [0.15, 0.2) is 0 Å². The molecule has 0 spiro atoms. The van der Waals surface area contributed by atoms with Crippen molar-refractivity contribution in [2.75, 3.05) is 19.6 Å². The van der Waals surface area contributed by atoms with E-state index < -0.39 is 27.3 Å². The van der Waals surface area contributed by atoms with Crippen LogP contribution in [0.2, 0.25) is 0 Å². The van der Waals surface area contributed by atoms with Crippen LogP contribution in [0.15, 0.2) is 29.2 Å². The Morgan fingerprint density at radius 2 is 1.89 bits per heavy atom. The van der Waals surface area contributed by atoms with Crippen molar-refractivity contribution in [3.63, 3.8) is 0 Å². The lowest BCUT2D eigenvalue weighted by Crippen LogP contribution is -2.56. The number of piperidine rings is 1. The van der Waals surface area contributed by atoms with Crippen LogP contribution in [0.25, 0.3) is 0 Å². The molecule has 3 N–H and O–H groups in total. The molecule has 2 rings (SSSR count). The Kier molecular flexibility index (Phi) is 8.66. The molecule has 0 aromatic heterocycles. The number of nitrogens with zero attached hydrogens (tertiary/aromatic N) is 1. The molecule has 1 saturated heterocycles. The molecule has 1 aromatic rings. The molecule has 1 aliphatic heterocycles. The number of nitrogens with one attached hydrogen (secondary N) is 1. The molecule has 27 heavy (non-hydrogen) atoms. The van der Waals surface area contributed by atoms with Crippen molar-refractivity contribution in [3.8, 4) is 0 Å². The van der Waals surface area contributed by atoms with E-state index in [9.17, 15) is 17.6 Å². The zero-order valence-electron chi connectivity index (χ0n) is 15.8. The third-order valence-electron chi connectivity index (χ3n) is 5.34. The number of benzene rings is 1. The molecule has 0 aliphatic carbocycles. The van der Waals surface area contributed by atoms with Gasteiger partial charge in [0.1, 0.15) is 5.82 Å². The Morgan fingerprint density at radius 3 is 2.41 bits per heavy atom. The Morgan fingerprint density at radius 1 is 1.30 bits per heavy atom. The number of hydrogen-bond donors (Lipinski definition) is 2. The van der Waals surface area contributed by atoms with E-state index in [0.717, 1.165) is 25.0 Å². The number of sulfonamides is 1. The molecule has 1 atom stereocenters. The van der Waals surface area contributed by atoms with E-state index in [1.54, 1.807) is 0 Å². The van der Waals surface area contributed by atoms with Crippen LogP contribution in [0.3, 0.4) is 0 Å². The lowest BCUT2D eigenvalue weighted by Gasteiger charge is -2.36. The van der Waals surface area contributed by atoms with E-state index in [0.29, 0.717) is 25.9 Å². The summed E-state index contributed by atoms with van der Waals surface area (Å²) in [5, 5.41) is 3.03. The number of nitrogens with two attached hydrogens (primary N) is 1. The number of hydrogen-bond acceptors (Lipinski definition) is 4. The first-order valence-electron chi connectivity index (χ1n) is 9.06. The van der Waals surface area contributed by atoms with Gasteiger partial charge in [0.25, 0.3) is 0 Å². The summed E-state index contributed by atoms with van der Waals surface area (Å²) in [6, 6.07) is 4.75. The zero-order chi connectivity index (χ0) is 19.4. The van der Waals surface area contributed by atoms with Gasteiger partial charge in [0.2, 0.25) is 15.9 Å².